The van der Waals surface area contributed by atoms with E-state index in [9.17, 15) is 14.3 Å². The van der Waals surface area contributed by atoms with Crippen LogP contribution in [0.3, 0.4) is 0 Å². The van der Waals surface area contributed by atoms with Gasteiger partial charge in [-0.25, -0.2) is 9.37 Å². The van der Waals surface area contributed by atoms with Crippen LogP contribution in [0.4, 0.5) is 10.1 Å². The molecule has 0 spiro atoms. The van der Waals surface area contributed by atoms with Gasteiger partial charge >= 0.3 is 0 Å². The van der Waals surface area contributed by atoms with Crippen LogP contribution in [0.25, 0.3) is 0 Å². The van der Waals surface area contributed by atoms with Crippen LogP contribution in [0, 0.1) is 5.82 Å². The highest BCUT2D eigenvalue weighted by Crippen LogP contribution is 2.24. The quantitative estimate of drug-likeness (QED) is 0.899. The van der Waals surface area contributed by atoms with Gasteiger partial charge in [0.1, 0.15) is 11.5 Å². The van der Waals surface area contributed by atoms with Crippen molar-refractivity contribution in [2.75, 3.05) is 18.0 Å². The Labute approximate surface area is 137 Å². The average Bonchev–Trinajstić information content (AvgIpc) is 3.08. The predicted octanol–water partition coefficient (Wildman–Crippen LogP) is 2.17. The monoisotopic (exact) mass is 335 g/mol. The number of rotatable bonds is 4. The van der Waals surface area contributed by atoms with E-state index in [0.717, 1.165) is 0 Å². The lowest BCUT2D eigenvalue weighted by Crippen LogP contribution is -2.36. The number of hydrogen-bond donors (Lipinski definition) is 2. The average molecular weight is 335 g/mol. The van der Waals surface area contributed by atoms with Crippen molar-refractivity contribution < 1.29 is 14.3 Å². The summed E-state index contributed by atoms with van der Waals surface area (Å²) < 4.78 is 14.3. The Morgan fingerprint density at radius 3 is 2.87 bits per heavy atom. The predicted molar refractivity (Wildman–Crippen MR) is 87.1 cm³/mol. The molecular weight excluding hydrogens is 317 g/mol. The van der Waals surface area contributed by atoms with Gasteiger partial charge in [-0.05, 0) is 30.5 Å². The van der Waals surface area contributed by atoms with E-state index in [1.165, 1.54) is 17.4 Å². The van der Waals surface area contributed by atoms with E-state index >= 15 is 0 Å². The van der Waals surface area contributed by atoms with Crippen LogP contribution in [-0.2, 0) is 6.54 Å². The summed E-state index contributed by atoms with van der Waals surface area (Å²) in [4.78, 5) is 17.7. The Kier molecular flexibility index (Phi) is 4.88. The minimum absolute atomic E-state index is 0.256. The second kappa shape index (κ2) is 7.06. The molecular formula is C16H18FN3O2S. The summed E-state index contributed by atoms with van der Waals surface area (Å²) in [6.07, 6.45) is 1.03. The maximum atomic E-state index is 14.3. The van der Waals surface area contributed by atoms with E-state index in [0.29, 0.717) is 42.9 Å². The van der Waals surface area contributed by atoms with Gasteiger partial charge < -0.3 is 15.3 Å². The number of aliphatic hydroxyl groups excluding tert-OH is 1. The Morgan fingerprint density at radius 2 is 2.22 bits per heavy atom. The van der Waals surface area contributed by atoms with Crippen LogP contribution < -0.4 is 10.2 Å². The first-order valence-electron chi connectivity index (χ1n) is 7.51. The van der Waals surface area contributed by atoms with Crippen molar-refractivity contribution >= 4 is 22.9 Å². The molecule has 0 radical (unpaired) electrons. The van der Waals surface area contributed by atoms with Crippen molar-refractivity contribution in [3.8, 4) is 0 Å². The van der Waals surface area contributed by atoms with Crippen LogP contribution in [0.2, 0.25) is 0 Å². The molecule has 0 saturated carbocycles. The third kappa shape index (κ3) is 3.86. The third-order valence-corrected chi connectivity index (χ3v) is 4.52. The number of carbonyl (C=O) groups is 1. The minimum atomic E-state index is -0.304. The van der Waals surface area contributed by atoms with Crippen molar-refractivity contribution in [1.29, 1.82) is 0 Å². The largest absolute Gasteiger partial charge is 0.393 e. The standard InChI is InChI=1S/C16H18FN3O2S/c17-13-7-11(8-18-16(22)14-9-23-10-19-14)1-2-15(13)20-5-3-12(21)4-6-20/h1-2,7,9-10,12,21H,3-6,8H2,(H,18,22). The van der Waals surface area contributed by atoms with Gasteiger partial charge in [-0.2, -0.15) is 0 Å². The number of benzene rings is 1. The van der Waals surface area contributed by atoms with Crippen LogP contribution >= 0.6 is 11.3 Å². The zero-order chi connectivity index (χ0) is 16.2. The molecule has 1 aliphatic rings. The van der Waals surface area contributed by atoms with Crippen LogP contribution in [-0.4, -0.2) is 35.2 Å². The van der Waals surface area contributed by atoms with Gasteiger partial charge in [0.25, 0.3) is 5.91 Å². The molecule has 1 saturated heterocycles. The second-order valence-electron chi connectivity index (χ2n) is 5.56. The zero-order valence-electron chi connectivity index (χ0n) is 12.5. The fourth-order valence-corrected chi connectivity index (χ4v) is 3.15. The minimum Gasteiger partial charge on any atom is -0.393 e. The maximum absolute atomic E-state index is 14.3. The summed E-state index contributed by atoms with van der Waals surface area (Å²) in [6.45, 7) is 1.56. The summed E-state index contributed by atoms with van der Waals surface area (Å²) in [5, 5.41) is 13.9. The lowest BCUT2D eigenvalue weighted by molar-refractivity contribution is 0.0946. The summed E-state index contributed by atoms with van der Waals surface area (Å²) in [7, 11) is 0. The molecule has 5 nitrogen and oxygen atoms in total. The van der Waals surface area contributed by atoms with Crippen molar-refractivity contribution in [2.45, 2.75) is 25.5 Å². The highest BCUT2D eigenvalue weighted by molar-refractivity contribution is 7.07. The van der Waals surface area contributed by atoms with Crippen LogP contribution in [0.5, 0.6) is 0 Å². The third-order valence-electron chi connectivity index (χ3n) is 3.94. The van der Waals surface area contributed by atoms with Gasteiger partial charge in [0.2, 0.25) is 0 Å². The molecule has 122 valence electrons. The molecule has 0 unspecified atom stereocenters. The number of hydrogen-bond acceptors (Lipinski definition) is 5. The van der Waals surface area contributed by atoms with Gasteiger partial charge in [0, 0.05) is 25.0 Å². The number of halogens is 1. The van der Waals surface area contributed by atoms with Gasteiger partial charge in [-0.15, -0.1) is 11.3 Å². The van der Waals surface area contributed by atoms with E-state index in [1.807, 2.05) is 11.0 Å². The lowest BCUT2D eigenvalue weighted by atomic mass is 10.1. The fourth-order valence-electron chi connectivity index (χ4n) is 2.62. The van der Waals surface area contributed by atoms with E-state index in [-0.39, 0.29) is 24.4 Å². The Balaban J connectivity index is 1.61. The first-order chi connectivity index (χ1) is 11.1. The van der Waals surface area contributed by atoms with Crippen molar-refractivity contribution in [2.24, 2.45) is 0 Å². The molecule has 1 aliphatic heterocycles. The van der Waals surface area contributed by atoms with E-state index < -0.39 is 0 Å². The Morgan fingerprint density at radius 1 is 1.43 bits per heavy atom. The summed E-state index contributed by atoms with van der Waals surface area (Å²) in [5.74, 6) is -0.567. The number of nitrogens with one attached hydrogen (secondary N) is 1. The van der Waals surface area contributed by atoms with Gasteiger partial charge in [0.05, 0.1) is 17.3 Å². The molecule has 23 heavy (non-hydrogen) atoms. The molecule has 7 heteroatoms. The van der Waals surface area contributed by atoms with Crippen LogP contribution in [0.1, 0.15) is 28.9 Å². The zero-order valence-corrected chi connectivity index (χ0v) is 13.4. The second-order valence-corrected chi connectivity index (χ2v) is 6.28. The number of carbonyl (C=O) groups excluding carboxylic acids is 1. The van der Waals surface area contributed by atoms with Gasteiger partial charge in [-0.1, -0.05) is 6.07 Å². The highest BCUT2D eigenvalue weighted by atomic mass is 32.1. The van der Waals surface area contributed by atoms with Crippen LogP contribution in [0.15, 0.2) is 29.1 Å². The molecule has 1 fully saturated rings. The number of nitrogens with zero attached hydrogens (tertiary/aromatic N) is 2. The number of aromatic nitrogens is 1. The molecule has 1 amide bonds. The van der Waals surface area contributed by atoms with Crippen molar-refractivity contribution in [3.05, 3.63) is 46.2 Å². The molecule has 2 heterocycles. The normalized spacial score (nSPS) is 15.7. The van der Waals surface area contributed by atoms with E-state index in [4.69, 9.17) is 0 Å². The molecule has 2 N–H and O–H groups in total. The number of amides is 1. The Hall–Kier alpha value is -1.99. The van der Waals surface area contributed by atoms with Gasteiger partial charge in [-0.3, -0.25) is 4.79 Å². The first-order valence-corrected chi connectivity index (χ1v) is 8.45. The number of anilines is 1. The topological polar surface area (TPSA) is 65.5 Å². The summed E-state index contributed by atoms with van der Waals surface area (Å²) >= 11 is 1.35. The maximum Gasteiger partial charge on any atom is 0.271 e. The highest BCUT2D eigenvalue weighted by Gasteiger charge is 2.19. The summed E-state index contributed by atoms with van der Waals surface area (Å²) in [6, 6.07) is 4.99. The summed E-state index contributed by atoms with van der Waals surface area (Å²) in [5.41, 5.74) is 3.22. The fraction of sp³-hybridized carbons (Fsp3) is 0.375. The first kappa shape index (κ1) is 15.9. The molecule has 2 aromatic rings. The number of thiazole rings is 1. The lowest BCUT2D eigenvalue weighted by Gasteiger charge is -2.31. The smallest absolute Gasteiger partial charge is 0.271 e. The molecule has 0 bridgehead atoms. The Bertz CT molecular complexity index is 670. The molecule has 3 rings (SSSR count). The van der Waals surface area contributed by atoms with Crippen molar-refractivity contribution in [3.63, 3.8) is 0 Å². The van der Waals surface area contributed by atoms with E-state index in [2.05, 4.69) is 10.3 Å². The molecule has 1 aromatic carbocycles. The van der Waals surface area contributed by atoms with Gasteiger partial charge in [0.15, 0.2) is 0 Å². The molecule has 0 aliphatic carbocycles. The SMILES string of the molecule is O=C(NCc1ccc(N2CCC(O)CC2)c(F)c1)c1cscn1. The van der Waals surface area contributed by atoms with Crippen molar-refractivity contribution in [1.82, 2.24) is 10.3 Å². The van der Waals surface area contributed by atoms with E-state index in [1.54, 1.807) is 17.0 Å². The number of aliphatic hydroxyl groups is 1. The molecule has 0 atom stereocenters. The number of piperidine rings is 1. The molecule has 1 aromatic heterocycles.